The van der Waals surface area contributed by atoms with Gasteiger partial charge < -0.3 is 10.3 Å². The molecule has 5 aromatic heterocycles. The minimum absolute atomic E-state index is 0.329. The zero-order valence-corrected chi connectivity index (χ0v) is 15.4. The lowest BCUT2D eigenvalue weighted by molar-refractivity contribution is 0.898. The predicted octanol–water partition coefficient (Wildman–Crippen LogP) is 3.78. The molecular weight excluding hydrogens is 352 g/mol. The minimum atomic E-state index is 0.329. The van der Waals surface area contributed by atoms with E-state index in [9.17, 15) is 0 Å². The van der Waals surface area contributed by atoms with Crippen molar-refractivity contribution in [2.75, 3.05) is 5.32 Å². The Balaban J connectivity index is 1.60. The van der Waals surface area contributed by atoms with Crippen LogP contribution in [0.5, 0.6) is 0 Å². The highest BCUT2D eigenvalue weighted by molar-refractivity contribution is 5.94. The van der Waals surface area contributed by atoms with Gasteiger partial charge in [-0.1, -0.05) is 0 Å². The number of hydrogen-bond donors (Lipinski definition) is 3. The van der Waals surface area contributed by atoms with E-state index in [-0.39, 0.29) is 0 Å². The maximum absolute atomic E-state index is 4.61. The van der Waals surface area contributed by atoms with E-state index in [1.165, 1.54) is 0 Å². The van der Waals surface area contributed by atoms with Crippen molar-refractivity contribution >= 4 is 27.6 Å². The van der Waals surface area contributed by atoms with E-state index in [0.717, 1.165) is 44.6 Å². The Kier molecular flexibility index (Phi) is 3.75. The number of pyridine rings is 3. The van der Waals surface area contributed by atoms with Crippen LogP contribution in [0.1, 0.15) is 13.8 Å². The van der Waals surface area contributed by atoms with Gasteiger partial charge in [0.25, 0.3) is 0 Å². The Morgan fingerprint density at radius 1 is 1.00 bits per heavy atom. The average molecular weight is 370 g/mol. The van der Waals surface area contributed by atoms with Crippen LogP contribution in [0.3, 0.4) is 0 Å². The quantitative estimate of drug-likeness (QED) is 0.444. The highest BCUT2D eigenvalue weighted by Gasteiger charge is 2.14. The maximum atomic E-state index is 4.61. The molecule has 0 saturated heterocycles. The molecule has 8 heteroatoms. The number of fused-ring (bicyclic) bond motifs is 2. The SMILES string of the molecule is CC(C)Nc1cncc(-c2cc3c(-c4nc5cnccc5[nH]4)n[nH]c3cn2)c1. The molecule has 0 radical (unpaired) electrons. The lowest BCUT2D eigenvalue weighted by atomic mass is 10.1. The van der Waals surface area contributed by atoms with E-state index in [4.69, 9.17) is 0 Å². The van der Waals surface area contributed by atoms with Crippen LogP contribution >= 0.6 is 0 Å². The van der Waals surface area contributed by atoms with Crippen molar-refractivity contribution in [3.63, 3.8) is 0 Å². The van der Waals surface area contributed by atoms with Gasteiger partial charge >= 0.3 is 0 Å². The van der Waals surface area contributed by atoms with Crippen LogP contribution in [-0.4, -0.2) is 41.2 Å². The van der Waals surface area contributed by atoms with Gasteiger partial charge in [-0.3, -0.25) is 20.1 Å². The third kappa shape index (κ3) is 2.84. The fourth-order valence-electron chi connectivity index (χ4n) is 3.22. The first kappa shape index (κ1) is 16.4. The van der Waals surface area contributed by atoms with Crippen LogP contribution < -0.4 is 5.32 Å². The van der Waals surface area contributed by atoms with E-state index in [1.807, 2.05) is 30.6 Å². The van der Waals surface area contributed by atoms with Gasteiger partial charge in [-0.05, 0) is 32.0 Å². The summed E-state index contributed by atoms with van der Waals surface area (Å²) in [5.74, 6) is 0.694. The van der Waals surface area contributed by atoms with Crippen molar-refractivity contribution in [1.82, 2.24) is 35.1 Å². The van der Waals surface area contributed by atoms with E-state index >= 15 is 0 Å². The van der Waals surface area contributed by atoms with E-state index in [1.54, 1.807) is 18.6 Å². The summed E-state index contributed by atoms with van der Waals surface area (Å²) in [5, 5.41) is 11.8. The van der Waals surface area contributed by atoms with Crippen LogP contribution in [-0.2, 0) is 0 Å². The van der Waals surface area contributed by atoms with Gasteiger partial charge in [0.05, 0.1) is 34.8 Å². The van der Waals surface area contributed by atoms with Crippen LogP contribution in [0.4, 0.5) is 5.69 Å². The predicted molar refractivity (Wildman–Crippen MR) is 109 cm³/mol. The van der Waals surface area contributed by atoms with Crippen molar-refractivity contribution in [2.24, 2.45) is 0 Å². The molecule has 28 heavy (non-hydrogen) atoms. The molecule has 0 aliphatic carbocycles. The number of rotatable bonds is 4. The molecule has 5 aromatic rings. The molecule has 0 aliphatic rings. The Morgan fingerprint density at radius 3 is 2.79 bits per heavy atom. The normalized spacial score (nSPS) is 11.5. The monoisotopic (exact) mass is 370 g/mol. The number of imidazole rings is 1. The number of H-pyrrole nitrogens is 2. The molecular formula is C20H18N8. The number of nitrogens with zero attached hydrogens (tertiary/aromatic N) is 5. The molecule has 0 unspecified atom stereocenters. The smallest absolute Gasteiger partial charge is 0.159 e. The first-order chi connectivity index (χ1) is 13.7. The Morgan fingerprint density at radius 2 is 1.93 bits per heavy atom. The largest absolute Gasteiger partial charge is 0.382 e. The Bertz CT molecular complexity index is 1250. The van der Waals surface area contributed by atoms with Crippen molar-refractivity contribution in [1.29, 1.82) is 0 Å². The van der Waals surface area contributed by atoms with Gasteiger partial charge in [-0.15, -0.1) is 0 Å². The average Bonchev–Trinajstić information content (AvgIpc) is 3.30. The molecule has 0 spiro atoms. The van der Waals surface area contributed by atoms with Gasteiger partial charge in [0.15, 0.2) is 5.82 Å². The molecule has 0 atom stereocenters. The summed E-state index contributed by atoms with van der Waals surface area (Å²) in [6.07, 6.45) is 8.88. The van der Waals surface area contributed by atoms with Gasteiger partial charge in [-0.25, -0.2) is 4.98 Å². The molecule has 5 heterocycles. The van der Waals surface area contributed by atoms with Gasteiger partial charge in [-0.2, -0.15) is 5.10 Å². The second-order valence-corrected chi connectivity index (χ2v) is 6.93. The second-order valence-electron chi connectivity index (χ2n) is 6.93. The molecule has 0 bridgehead atoms. The Hall–Kier alpha value is -3.81. The summed E-state index contributed by atoms with van der Waals surface area (Å²) < 4.78 is 0. The number of aromatic amines is 2. The molecule has 138 valence electrons. The summed E-state index contributed by atoms with van der Waals surface area (Å²) in [6.45, 7) is 4.19. The summed E-state index contributed by atoms with van der Waals surface area (Å²) in [6, 6.07) is 6.28. The molecule has 0 amide bonds. The Labute approximate surface area is 160 Å². The van der Waals surface area contributed by atoms with Crippen molar-refractivity contribution in [3.8, 4) is 22.8 Å². The zero-order chi connectivity index (χ0) is 19.1. The van der Waals surface area contributed by atoms with Crippen molar-refractivity contribution in [3.05, 3.63) is 49.2 Å². The van der Waals surface area contributed by atoms with Crippen molar-refractivity contribution < 1.29 is 0 Å². The summed E-state index contributed by atoms with van der Waals surface area (Å²) in [4.78, 5) is 20.9. The number of hydrogen-bond acceptors (Lipinski definition) is 6. The number of anilines is 1. The van der Waals surface area contributed by atoms with Crippen LogP contribution in [0.2, 0.25) is 0 Å². The standard InChI is InChI=1S/C20H18N8/c1-11(2)24-13-5-12(7-22-8-13)16-6-14-17(10-23-16)27-28-19(14)20-25-15-3-4-21-9-18(15)26-20/h3-11,24H,1-2H3,(H,25,26)(H,27,28). The highest BCUT2D eigenvalue weighted by Crippen LogP contribution is 2.29. The van der Waals surface area contributed by atoms with Crippen LogP contribution in [0.15, 0.2) is 49.2 Å². The molecule has 0 fully saturated rings. The van der Waals surface area contributed by atoms with Gasteiger partial charge in [0.1, 0.15) is 11.2 Å². The molecule has 5 rings (SSSR count). The van der Waals surface area contributed by atoms with Crippen LogP contribution in [0, 0.1) is 0 Å². The molecule has 0 aromatic carbocycles. The summed E-state index contributed by atoms with van der Waals surface area (Å²) in [5.41, 5.74) is 6.06. The summed E-state index contributed by atoms with van der Waals surface area (Å²) >= 11 is 0. The molecule has 0 aliphatic heterocycles. The zero-order valence-electron chi connectivity index (χ0n) is 15.4. The lowest BCUT2D eigenvalue weighted by Crippen LogP contribution is -2.09. The third-order valence-electron chi connectivity index (χ3n) is 4.45. The fraction of sp³-hybridized carbons (Fsp3) is 0.150. The molecule has 8 nitrogen and oxygen atoms in total. The topological polar surface area (TPSA) is 108 Å². The van der Waals surface area contributed by atoms with E-state index in [2.05, 4.69) is 54.3 Å². The molecule has 3 N–H and O–H groups in total. The van der Waals surface area contributed by atoms with E-state index < -0.39 is 0 Å². The number of nitrogens with one attached hydrogen (secondary N) is 3. The van der Waals surface area contributed by atoms with Gasteiger partial charge in [0, 0.05) is 35.6 Å². The van der Waals surface area contributed by atoms with E-state index in [0.29, 0.717) is 11.9 Å². The maximum Gasteiger partial charge on any atom is 0.159 e. The summed E-state index contributed by atoms with van der Waals surface area (Å²) in [7, 11) is 0. The second kappa shape index (κ2) is 6.41. The van der Waals surface area contributed by atoms with Gasteiger partial charge in [0.2, 0.25) is 0 Å². The lowest BCUT2D eigenvalue weighted by Gasteiger charge is -2.10. The van der Waals surface area contributed by atoms with Crippen LogP contribution in [0.25, 0.3) is 44.7 Å². The van der Waals surface area contributed by atoms with Crippen molar-refractivity contribution in [2.45, 2.75) is 19.9 Å². The highest BCUT2D eigenvalue weighted by atomic mass is 15.1. The fourth-order valence-corrected chi connectivity index (χ4v) is 3.22. The number of aromatic nitrogens is 7. The first-order valence-electron chi connectivity index (χ1n) is 9.03. The third-order valence-corrected chi connectivity index (χ3v) is 4.45. The minimum Gasteiger partial charge on any atom is -0.382 e. The molecule has 0 saturated carbocycles. The first-order valence-corrected chi connectivity index (χ1v) is 9.03.